The number of imidazole rings is 1. The Kier molecular flexibility index (Phi) is 4.81. The van der Waals surface area contributed by atoms with E-state index in [1.54, 1.807) is 0 Å². The van der Waals surface area contributed by atoms with Crippen molar-refractivity contribution in [3.8, 4) is 22.6 Å². The van der Waals surface area contributed by atoms with Gasteiger partial charge in [-0.3, -0.25) is 4.40 Å². The Morgan fingerprint density at radius 2 is 1.04 bits per heavy atom. The fourth-order valence-electron chi connectivity index (χ4n) is 8.07. The second-order valence-corrected chi connectivity index (χ2v) is 12.4. The fourth-order valence-corrected chi connectivity index (χ4v) is 8.07. The number of aromatic nitrogens is 4. The van der Waals surface area contributed by atoms with Crippen molar-refractivity contribution in [1.82, 2.24) is 18.5 Å². The van der Waals surface area contributed by atoms with Crippen LogP contribution in [0.2, 0.25) is 0 Å². The van der Waals surface area contributed by atoms with Crippen LogP contribution < -0.4 is 0 Å². The van der Waals surface area contributed by atoms with Crippen LogP contribution in [-0.4, -0.2) is 18.5 Å². The number of fused-ring (bicyclic) bond motifs is 10. The monoisotopic (exact) mass is 598 g/mol. The maximum atomic E-state index is 5.13. The summed E-state index contributed by atoms with van der Waals surface area (Å²) in [6.45, 7) is 0. The molecule has 11 aromatic rings. The minimum Gasteiger partial charge on any atom is -0.309 e. The summed E-state index contributed by atoms with van der Waals surface area (Å²) in [5.74, 6) is 0. The van der Waals surface area contributed by atoms with Crippen molar-refractivity contribution in [3.05, 3.63) is 158 Å². The van der Waals surface area contributed by atoms with Crippen LogP contribution in [0.5, 0.6) is 0 Å². The Morgan fingerprint density at radius 1 is 0.383 bits per heavy atom. The minimum absolute atomic E-state index is 0.974. The standard InChI is InChI=1S/C43H26N4/c1-3-12-27(13-4-1)41-43-34-26-29(22-23-31(34)36-20-11-21-39(44-41)47(36)43)45-37-19-10-8-17-33(37)40-38(45)25-24-32-30-16-7-9-18-35(30)46(42(32)40)28-14-5-2-6-15-28/h1-26H. The molecule has 11 rings (SSSR count). The van der Waals surface area contributed by atoms with Crippen molar-refractivity contribution in [2.75, 3.05) is 0 Å². The normalized spacial score (nSPS) is 12.3. The predicted octanol–water partition coefficient (Wildman–Crippen LogP) is 10.9. The zero-order valence-electron chi connectivity index (χ0n) is 25.3. The molecule has 0 amide bonds. The van der Waals surface area contributed by atoms with Gasteiger partial charge in [0, 0.05) is 49.3 Å². The zero-order chi connectivity index (χ0) is 30.6. The van der Waals surface area contributed by atoms with E-state index in [1.807, 2.05) is 0 Å². The Bertz CT molecular complexity index is 3000. The maximum Gasteiger partial charge on any atom is 0.138 e. The molecule has 0 aliphatic carbocycles. The van der Waals surface area contributed by atoms with E-state index in [0.29, 0.717) is 0 Å². The van der Waals surface area contributed by atoms with E-state index in [2.05, 4.69) is 171 Å². The molecule has 0 radical (unpaired) electrons. The molecule has 0 spiro atoms. The van der Waals surface area contributed by atoms with Gasteiger partial charge < -0.3 is 9.13 Å². The average Bonchev–Trinajstić information content (AvgIpc) is 3.87. The van der Waals surface area contributed by atoms with Crippen molar-refractivity contribution >= 4 is 71.1 Å². The smallest absolute Gasteiger partial charge is 0.138 e. The van der Waals surface area contributed by atoms with E-state index in [9.17, 15) is 0 Å². The molecule has 5 aromatic heterocycles. The van der Waals surface area contributed by atoms with Gasteiger partial charge in [-0.2, -0.15) is 0 Å². The van der Waals surface area contributed by atoms with Gasteiger partial charge >= 0.3 is 0 Å². The molecule has 6 aromatic carbocycles. The summed E-state index contributed by atoms with van der Waals surface area (Å²) < 4.78 is 7.21. The molecule has 0 N–H and O–H groups in total. The molecule has 4 heteroatoms. The fraction of sp³-hybridized carbons (Fsp3) is 0. The summed E-state index contributed by atoms with van der Waals surface area (Å²) in [5, 5.41) is 7.48. The number of hydrogen-bond acceptors (Lipinski definition) is 1. The van der Waals surface area contributed by atoms with Gasteiger partial charge in [0.25, 0.3) is 0 Å². The van der Waals surface area contributed by atoms with Gasteiger partial charge in [-0.05, 0) is 54.6 Å². The lowest BCUT2D eigenvalue weighted by atomic mass is 10.1. The molecule has 5 heterocycles. The van der Waals surface area contributed by atoms with Crippen LogP contribution >= 0.6 is 0 Å². The molecule has 0 unspecified atom stereocenters. The summed E-state index contributed by atoms with van der Waals surface area (Å²) in [6.07, 6.45) is 0. The van der Waals surface area contributed by atoms with Gasteiger partial charge in [-0.25, -0.2) is 4.98 Å². The number of benzene rings is 6. The lowest BCUT2D eigenvalue weighted by Gasteiger charge is -2.10. The summed E-state index contributed by atoms with van der Waals surface area (Å²) in [5.41, 5.74) is 12.6. The number of nitrogens with zero attached hydrogens (tertiary/aromatic N) is 4. The van der Waals surface area contributed by atoms with Crippen molar-refractivity contribution in [2.24, 2.45) is 0 Å². The van der Waals surface area contributed by atoms with Crippen LogP contribution in [-0.2, 0) is 0 Å². The van der Waals surface area contributed by atoms with Crippen LogP contribution in [0.1, 0.15) is 0 Å². The Hall–Kier alpha value is -6.39. The topological polar surface area (TPSA) is 27.2 Å². The number of hydrogen-bond donors (Lipinski definition) is 0. The van der Waals surface area contributed by atoms with E-state index in [4.69, 9.17) is 4.98 Å². The number of para-hydroxylation sites is 3. The van der Waals surface area contributed by atoms with E-state index in [-0.39, 0.29) is 0 Å². The van der Waals surface area contributed by atoms with Crippen LogP contribution in [0.3, 0.4) is 0 Å². The first-order valence-electron chi connectivity index (χ1n) is 16.1. The van der Waals surface area contributed by atoms with Crippen LogP contribution in [0.15, 0.2) is 158 Å². The molecule has 0 bridgehead atoms. The van der Waals surface area contributed by atoms with Gasteiger partial charge in [0.1, 0.15) is 5.65 Å². The molecule has 0 saturated heterocycles. The summed E-state index contributed by atoms with van der Waals surface area (Å²) in [6, 6.07) is 56.9. The Balaban J connectivity index is 1.28. The molecule has 0 fully saturated rings. The van der Waals surface area contributed by atoms with Gasteiger partial charge in [-0.1, -0.05) is 103 Å². The van der Waals surface area contributed by atoms with E-state index in [0.717, 1.165) is 33.8 Å². The second-order valence-electron chi connectivity index (χ2n) is 12.4. The van der Waals surface area contributed by atoms with Crippen molar-refractivity contribution in [3.63, 3.8) is 0 Å². The molecule has 4 nitrogen and oxygen atoms in total. The SMILES string of the molecule is c1ccc(-c2nc3cccc4c5ccc(-n6c7ccccc7c7c6ccc6c8ccccc8n(-c8ccccc8)c67)cc5c2n34)cc1. The van der Waals surface area contributed by atoms with Crippen molar-refractivity contribution in [2.45, 2.75) is 0 Å². The summed E-state index contributed by atoms with van der Waals surface area (Å²) >= 11 is 0. The largest absolute Gasteiger partial charge is 0.309 e. The molecule has 0 aliphatic heterocycles. The third-order valence-electron chi connectivity index (χ3n) is 9.97. The van der Waals surface area contributed by atoms with Gasteiger partial charge in [0.2, 0.25) is 0 Å². The average molecular weight is 599 g/mol. The molecule has 47 heavy (non-hydrogen) atoms. The summed E-state index contributed by atoms with van der Waals surface area (Å²) in [7, 11) is 0. The van der Waals surface area contributed by atoms with Gasteiger partial charge in [-0.15, -0.1) is 0 Å². The second kappa shape index (κ2) is 9.09. The molecular formula is C43H26N4. The van der Waals surface area contributed by atoms with E-state index >= 15 is 0 Å². The van der Waals surface area contributed by atoms with Crippen LogP contribution in [0, 0.1) is 0 Å². The van der Waals surface area contributed by atoms with Gasteiger partial charge in [0.15, 0.2) is 0 Å². The summed E-state index contributed by atoms with van der Waals surface area (Å²) in [4.78, 5) is 5.13. The molecular weight excluding hydrogens is 573 g/mol. The lowest BCUT2D eigenvalue weighted by molar-refractivity contribution is 1.18. The maximum absolute atomic E-state index is 5.13. The van der Waals surface area contributed by atoms with Gasteiger partial charge in [0.05, 0.1) is 38.8 Å². The third-order valence-corrected chi connectivity index (χ3v) is 9.97. The molecule has 0 aliphatic rings. The highest BCUT2D eigenvalue weighted by atomic mass is 15.0. The lowest BCUT2D eigenvalue weighted by Crippen LogP contribution is -1.95. The Morgan fingerprint density at radius 3 is 1.87 bits per heavy atom. The van der Waals surface area contributed by atoms with Crippen molar-refractivity contribution in [1.29, 1.82) is 0 Å². The predicted molar refractivity (Wildman–Crippen MR) is 196 cm³/mol. The van der Waals surface area contributed by atoms with Crippen LogP contribution in [0.4, 0.5) is 0 Å². The van der Waals surface area contributed by atoms with Crippen LogP contribution in [0.25, 0.3) is 93.7 Å². The Labute approximate surface area is 269 Å². The highest BCUT2D eigenvalue weighted by Gasteiger charge is 2.23. The molecule has 218 valence electrons. The third kappa shape index (κ3) is 3.23. The first kappa shape index (κ1) is 24.9. The van der Waals surface area contributed by atoms with E-state index < -0.39 is 0 Å². The highest BCUT2D eigenvalue weighted by molar-refractivity contribution is 6.26. The van der Waals surface area contributed by atoms with E-state index in [1.165, 1.54) is 59.9 Å². The number of rotatable bonds is 3. The first-order chi connectivity index (χ1) is 23.3. The van der Waals surface area contributed by atoms with Crippen molar-refractivity contribution < 1.29 is 0 Å². The first-order valence-corrected chi connectivity index (χ1v) is 16.1. The number of pyridine rings is 1. The minimum atomic E-state index is 0.974. The quantitative estimate of drug-likeness (QED) is 0.199. The highest BCUT2D eigenvalue weighted by Crippen LogP contribution is 2.43. The zero-order valence-corrected chi connectivity index (χ0v) is 25.3. The molecule has 0 atom stereocenters. The molecule has 0 saturated carbocycles.